The van der Waals surface area contributed by atoms with Crippen molar-refractivity contribution < 1.29 is 28.5 Å². The standard InChI is InChI=1S/C31H23NO6/c1-35-24-11-4-2-8-19(24)16-27-30(34)22-13-14-26-29(31(22)38-27)23(17-28(33)37-26)21-10-3-5-12-25(21)36-18-20-9-6-7-15-32-20/h2-16,23H,17-18H2,1H3/b27-16-/t23-/m1/s1. The third-order valence-corrected chi connectivity index (χ3v) is 6.60. The molecule has 0 unspecified atom stereocenters. The second kappa shape index (κ2) is 9.86. The molecule has 1 aromatic heterocycles. The number of methoxy groups -OCH3 is 1. The second-order valence-electron chi connectivity index (χ2n) is 8.91. The Balaban J connectivity index is 1.40. The molecule has 0 saturated heterocycles. The van der Waals surface area contributed by atoms with Gasteiger partial charge in [-0.2, -0.15) is 0 Å². The number of pyridine rings is 1. The maximum atomic E-state index is 13.3. The first-order chi connectivity index (χ1) is 18.6. The summed E-state index contributed by atoms with van der Waals surface area (Å²) in [7, 11) is 1.58. The molecule has 0 radical (unpaired) electrons. The van der Waals surface area contributed by atoms with Gasteiger partial charge in [0.15, 0.2) is 5.76 Å². The minimum Gasteiger partial charge on any atom is -0.496 e. The van der Waals surface area contributed by atoms with E-state index in [2.05, 4.69) is 4.98 Å². The van der Waals surface area contributed by atoms with Crippen LogP contribution in [0.2, 0.25) is 0 Å². The number of nitrogens with zero attached hydrogens (tertiary/aromatic N) is 1. The van der Waals surface area contributed by atoms with Crippen molar-refractivity contribution in [2.75, 3.05) is 7.11 Å². The van der Waals surface area contributed by atoms with Crippen LogP contribution >= 0.6 is 0 Å². The molecule has 2 aliphatic rings. The highest BCUT2D eigenvalue weighted by molar-refractivity contribution is 6.15. The average Bonchev–Trinajstić information content (AvgIpc) is 3.27. The maximum absolute atomic E-state index is 13.3. The fourth-order valence-electron chi connectivity index (χ4n) is 4.83. The van der Waals surface area contributed by atoms with Crippen molar-refractivity contribution in [3.63, 3.8) is 0 Å². The molecule has 3 heterocycles. The minimum absolute atomic E-state index is 0.0799. The molecular formula is C31H23NO6. The molecule has 0 bridgehead atoms. The van der Waals surface area contributed by atoms with E-state index in [4.69, 9.17) is 18.9 Å². The molecule has 0 saturated carbocycles. The van der Waals surface area contributed by atoms with Gasteiger partial charge in [0, 0.05) is 28.8 Å². The zero-order valence-corrected chi connectivity index (χ0v) is 20.5. The normalized spacial score (nSPS) is 16.9. The molecule has 188 valence electrons. The topological polar surface area (TPSA) is 83.9 Å². The predicted molar refractivity (Wildman–Crippen MR) is 139 cm³/mol. The number of allylic oxidation sites excluding steroid dienone is 1. The zero-order valence-electron chi connectivity index (χ0n) is 20.5. The Bertz CT molecular complexity index is 1580. The van der Waals surface area contributed by atoms with Gasteiger partial charge in [0.05, 0.1) is 24.8 Å². The lowest BCUT2D eigenvalue weighted by Gasteiger charge is -2.27. The molecule has 0 aliphatic carbocycles. The van der Waals surface area contributed by atoms with E-state index < -0.39 is 5.92 Å². The summed E-state index contributed by atoms with van der Waals surface area (Å²) in [6, 6.07) is 23.9. The first-order valence-corrected chi connectivity index (χ1v) is 12.2. The highest BCUT2D eigenvalue weighted by atomic mass is 16.5. The summed E-state index contributed by atoms with van der Waals surface area (Å²) in [4.78, 5) is 30.3. The third-order valence-electron chi connectivity index (χ3n) is 6.60. The lowest BCUT2D eigenvalue weighted by atomic mass is 9.84. The fraction of sp³-hybridized carbons (Fsp3) is 0.129. The van der Waals surface area contributed by atoms with Crippen LogP contribution in [0.25, 0.3) is 6.08 Å². The van der Waals surface area contributed by atoms with Crippen molar-refractivity contribution in [1.29, 1.82) is 0 Å². The first-order valence-electron chi connectivity index (χ1n) is 12.2. The number of rotatable bonds is 6. The summed E-state index contributed by atoms with van der Waals surface area (Å²) < 4.78 is 23.3. The van der Waals surface area contributed by atoms with Crippen molar-refractivity contribution in [3.8, 4) is 23.0 Å². The van der Waals surface area contributed by atoms with Crippen molar-refractivity contribution in [1.82, 2.24) is 4.98 Å². The molecular weight excluding hydrogens is 482 g/mol. The predicted octanol–water partition coefficient (Wildman–Crippen LogP) is 5.73. The van der Waals surface area contributed by atoms with E-state index in [1.54, 1.807) is 31.5 Å². The van der Waals surface area contributed by atoms with Crippen LogP contribution in [-0.4, -0.2) is 23.8 Å². The highest BCUT2D eigenvalue weighted by Crippen LogP contribution is 2.50. The Morgan fingerprint density at radius 1 is 0.921 bits per heavy atom. The number of ether oxygens (including phenoxy) is 4. The highest BCUT2D eigenvalue weighted by Gasteiger charge is 2.39. The van der Waals surface area contributed by atoms with Gasteiger partial charge < -0.3 is 18.9 Å². The van der Waals surface area contributed by atoms with Crippen LogP contribution in [0, 0.1) is 0 Å². The van der Waals surface area contributed by atoms with Gasteiger partial charge in [0.2, 0.25) is 5.78 Å². The zero-order chi connectivity index (χ0) is 26.1. The van der Waals surface area contributed by atoms with Gasteiger partial charge in [-0.1, -0.05) is 42.5 Å². The SMILES string of the molecule is COc1ccccc1/C=C1\Oc2c(ccc3c2[C@@H](c2ccccc2OCc2ccccn2)CC(=O)O3)C1=O. The number of carbonyl (C=O) groups is 2. The molecule has 7 heteroatoms. The van der Waals surface area contributed by atoms with E-state index >= 15 is 0 Å². The number of esters is 1. The number of Topliss-reactive ketones (excluding diaryl/α,β-unsaturated/α-hetero) is 1. The monoisotopic (exact) mass is 505 g/mol. The Morgan fingerprint density at radius 3 is 2.53 bits per heavy atom. The van der Waals surface area contributed by atoms with E-state index in [9.17, 15) is 9.59 Å². The van der Waals surface area contributed by atoms with E-state index in [0.717, 1.165) is 16.8 Å². The van der Waals surface area contributed by atoms with E-state index in [1.807, 2.05) is 66.7 Å². The summed E-state index contributed by atoms with van der Waals surface area (Å²) in [5.74, 6) is 1.14. The molecule has 0 N–H and O–H groups in total. The number of para-hydroxylation sites is 2. The molecule has 1 atom stereocenters. The van der Waals surface area contributed by atoms with Gasteiger partial charge in [0.1, 0.15) is 29.6 Å². The summed E-state index contributed by atoms with van der Waals surface area (Å²) in [5.41, 5.74) is 3.36. The van der Waals surface area contributed by atoms with Crippen LogP contribution in [0.4, 0.5) is 0 Å². The molecule has 0 spiro atoms. The average molecular weight is 506 g/mol. The van der Waals surface area contributed by atoms with Crippen LogP contribution in [0.5, 0.6) is 23.0 Å². The van der Waals surface area contributed by atoms with Gasteiger partial charge in [-0.05, 0) is 42.5 Å². The van der Waals surface area contributed by atoms with E-state index in [-0.39, 0.29) is 30.5 Å². The van der Waals surface area contributed by atoms with Gasteiger partial charge in [-0.15, -0.1) is 0 Å². The van der Waals surface area contributed by atoms with Crippen molar-refractivity contribution in [3.05, 3.63) is 119 Å². The third kappa shape index (κ3) is 4.28. The Kier molecular flexibility index (Phi) is 6.09. The molecule has 0 fully saturated rings. The van der Waals surface area contributed by atoms with Gasteiger partial charge >= 0.3 is 5.97 Å². The van der Waals surface area contributed by atoms with Crippen LogP contribution in [-0.2, 0) is 11.4 Å². The second-order valence-corrected chi connectivity index (χ2v) is 8.91. The number of hydrogen-bond acceptors (Lipinski definition) is 7. The van der Waals surface area contributed by atoms with Gasteiger partial charge in [0.25, 0.3) is 0 Å². The van der Waals surface area contributed by atoms with Crippen LogP contribution in [0.3, 0.4) is 0 Å². The van der Waals surface area contributed by atoms with Crippen LogP contribution in [0.1, 0.15) is 45.1 Å². The van der Waals surface area contributed by atoms with E-state index in [1.165, 1.54) is 0 Å². The minimum atomic E-state index is -0.431. The first kappa shape index (κ1) is 23.5. The molecule has 0 amide bonds. The number of fused-ring (bicyclic) bond motifs is 3. The Hall–Kier alpha value is -4.91. The van der Waals surface area contributed by atoms with Crippen molar-refractivity contribution in [2.45, 2.75) is 18.9 Å². The summed E-state index contributed by atoms with van der Waals surface area (Å²) in [6.45, 7) is 0.273. The number of hydrogen-bond donors (Lipinski definition) is 0. The molecule has 4 aromatic rings. The van der Waals surface area contributed by atoms with Crippen LogP contribution < -0.4 is 18.9 Å². The molecule has 3 aromatic carbocycles. The quantitative estimate of drug-likeness (QED) is 0.188. The summed E-state index contributed by atoms with van der Waals surface area (Å²) >= 11 is 0. The van der Waals surface area contributed by atoms with Crippen molar-refractivity contribution in [2.24, 2.45) is 0 Å². The van der Waals surface area contributed by atoms with Crippen molar-refractivity contribution >= 4 is 17.8 Å². The maximum Gasteiger partial charge on any atom is 0.312 e. The number of carbonyl (C=O) groups excluding carboxylic acids is 2. The molecule has 38 heavy (non-hydrogen) atoms. The largest absolute Gasteiger partial charge is 0.496 e. The van der Waals surface area contributed by atoms with Gasteiger partial charge in [-0.3, -0.25) is 14.6 Å². The number of ketones is 1. The molecule has 6 rings (SSSR count). The summed E-state index contributed by atoms with van der Waals surface area (Å²) in [6.07, 6.45) is 3.46. The summed E-state index contributed by atoms with van der Waals surface area (Å²) in [5, 5.41) is 0. The van der Waals surface area contributed by atoms with Gasteiger partial charge in [-0.25, -0.2) is 0 Å². The number of aromatic nitrogens is 1. The smallest absolute Gasteiger partial charge is 0.312 e. The van der Waals surface area contributed by atoms with Crippen LogP contribution in [0.15, 0.2) is 90.8 Å². The molecule has 7 nitrogen and oxygen atoms in total. The molecule has 2 aliphatic heterocycles. The fourth-order valence-corrected chi connectivity index (χ4v) is 4.83. The Labute approximate surface area is 219 Å². The Morgan fingerprint density at radius 2 is 1.71 bits per heavy atom. The lowest BCUT2D eigenvalue weighted by molar-refractivity contribution is -0.135. The number of benzene rings is 3. The lowest BCUT2D eigenvalue weighted by Crippen LogP contribution is -2.22. The van der Waals surface area contributed by atoms with E-state index in [0.29, 0.717) is 34.1 Å².